The molecular weight excluding hydrogens is 560 g/mol. The molecule has 2 amide bonds. The molecule has 0 radical (unpaired) electrons. The summed E-state index contributed by atoms with van der Waals surface area (Å²) in [5.41, 5.74) is 0.778. The van der Waals surface area contributed by atoms with E-state index in [1.807, 2.05) is 0 Å². The Morgan fingerprint density at radius 3 is 1.18 bits per heavy atom. The molecule has 1 rings (SSSR count). The van der Waals surface area contributed by atoms with E-state index >= 15 is 0 Å². The number of carbonyl (C=O) groups excluding carboxylic acids is 2. The molecule has 0 saturated carbocycles. The molecule has 0 spiro atoms. The van der Waals surface area contributed by atoms with Gasteiger partial charge in [-0.05, 0) is 31.0 Å². The fraction of sp³-hybridized carbons (Fsp3) is 0.769. The van der Waals surface area contributed by atoms with E-state index in [1.165, 1.54) is 134 Å². The first-order chi connectivity index (χ1) is 22.0. The zero-order valence-corrected chi connectivity index (χ0v) is 29.2. The monoisotopic (exact) mass is 629 g/mol. The summed E-state index contributed by atoms with van der Waals surface area (Å²) in [7, 11) is 0. The van der Waals surface area contributed by atoms with Crippen LogP contribution in [0.4, 0.5) is 11.4 Å². The lowest BCUT2D eigenvalue weighted by Gasteiger charge is -2.12. The fourth-order valence-electron chi connectivity index (χ4n) is 5.95. The quantitative estimate of drug-likeness (QED) is 0.0713. The molecule has 1 aromatic rings. The van der Waals surface area contributed by atoms with Gasteiger partial charge in [-0.1, -0.05) is 168 Å². The number of rotatable bonds is 31. The van der Waals surface area contributed by atoms with E-state index in [0.717, 1.165) is 38.5 Å². The highest BCUT2D eigenvalue weighted by atomic mass is 16.4. The van der Waals surface area contributed by atoms with Gasteiger partial charge in [0.25, 0.3) is 0 Å². The minimum atomic E-state index is -1.10. The van der Waals surface area contributed by atoms with Crippen LogP contribution in [-0.2, 0) is 9.59 Å². The Kier molecular flexibility index (Phi) is 26.3. The molecule has 0 aromatic heterocycles. The smallest absolute Gasteiger partial charge is 0.337 e. The molecule has 1 aromatic carbocycles. The minimum absolute atomic E-state index is 0.0307. The highest BCUT2D eigenvalue weighted by Crippen LogP contribution is 2.23. The second kappa shape index (κ2) is 29.1. The maximum Gasteiger partial charge on any atom is 0.337 e. The van der Waals surface area contributed by atoms with Crippen LogP contribution in [0, 0.1) is 0 Å². The van der Waals surface area contributed by atoms with Crippen LogP contribution < -0.4 is 10.6 Å². The summed E-state index contributed by atoms with van der Waals surface area (Å²) in [6.45, 7) is 4.51. The number of amides is 2. The molecule has 3 N–H and O–H groups in total. The van der Waals surface area contributed by atoms with Crippen LogP contribution in [0.1, 0.15) is 204 Å². The van der Waals surface area contributed by atoms with Gasteiger partial charge in [0.2, 0.25) is 11.8 Å². The average Bonchev–Trinajstić information content (AvgIpc) is 3.01. The van der Waals surface area contributed by atoms with Crippen LogP contribution in [0.2, 0.25) is 0 Å². The standard InChI is InChI=1S/C39H68N2O4/c1-3-5-7-9-11-13-15-17-19-21-23-25-27-29-37(42)40-34-31-32-35(39(44)45)36(33-34)41-38(43)30-28-26-24-22-20-18-16-14-12-10-8-6-4-2/h31-33H,3-30H2,1-2H3,(H,40,42)(H,41,43)(H,44,45). The summed E-state index contributed by atoms with van der Waals surface area (Å²) in [5, 5.41) is 15.2. The van der Waals surface area contributed by atoms with Crippen LogP contribution >= 0.6 is 0 Å². The zero-order valence-electron chi connectivity index (χ0n) is 29.2. The van der Waals surface area contributed by atoms with Gasteiger partial charge < -0.3 is 15.7 Å². The van der Waals surface area contributed by atoms with E-state index in [1.54, 1.807) is 12.1 Å². The molecular formula is C39H68N2O4. The van der Waals surface area contributed by atoms with Gasteiger partial charge in [0.1, 0.15) is 0 Å². The molecule has 0 aliphatic heterocycles. The summed E-state index contributed by atoms with van der Waals surface area (Å²) in [5.74, 6) is -1.36. The first-order valence-corrected chi connectivity index (χ1v) is 18.9. The van der Waals surface area contributed by atoms with Crippen LogP contribution in [0.5, 0.6) is 0 Å². The summed E-state index contributed by atoms with van der Waals surface area (Å²) in [4.78, 5) is 36.8. The van der Waals surface area contributed by atoms with Gasteiger partial charge in [-0.15, -0.1) is 0 Å². The van der Waals surface area contributed by atoms with Gasteiger partial charge in [0.15, 0.2) is 0 Å². The second-order valence-electron chi connectivity index (χ2n) is 13.1. The SMILES string of the molecule is CCCCCCCCCCCCCCCC(=O)Nc1ccc(C(=O)O)c(NC(=O)CCCCCCCCCCCCCCC)c1. The first-order valence-electron chi connectivity index (χ1n) is 18.9. The van der Waals surface area contributed by atoms with Crippen molar-refractivity contribution >= 4 is 29.2 Å². The number of hydrogen-bond acceptors (Lipinski definition) is 3. The Labute approximate surface area is 276 Å². The molecule has 0 atom stereocenters. The number of anilines is 2. The molecule has 258 valence electrons. The van der Waals surface area contributed by atoms with Crippen molar-refractivity contribution in [3.05, 3.63) is 23.8 Å². The van der Waals surface area contributed by atoms with Crippen molar-refractivity contribution in [3.8, 4) is 0 Å². The lowest BCUT2D eigenvalue weighted by molar-refractivity contribution is -0.117. The predicted octanol–water partition coefficient (Wildman–Crippen LogP) is 12.2. The molecule has 0 heterocycles. The molecule has 45 heavy (non-hydrogen) atoms. The minimum Gasteiger partial charge on any atom is -0.478 e. The topological polar surface area (TPSA) is 95.5 Å². The lowest BCUT2D eigenvalue weighted by Crippen LogP contribution is -2.16. The lowest BCUT2D eigenvalue weighted by atomic mass is 10.0. The van der Waals surface area contributed by atoms with E-state index in [-0.39, 0.29) is 23.1 Å². The number of carbonyl (C=O) groups is 3. The van der Waals surface area contributed by atoms with Gasteiger partial charge in [0.05, 0.1) is 11.3 Å². The average molecular weight is 629 g/mol. The van der Waals surface area contributed by atoms with E-state index in [0.29, 0.717) is 18.5 Å². The van der Waals surface area contributed by atoms with E-state index in [2.05, 4.69) is 24.5 Å². The number of nitrogens with one attached hydrogen (secondary N) is 2. The molecule has 0 unspecified atom stereocenters. The normalized spacial score (nSPS) is 11.1. The highest BCUT2D eigenvalue weighted by molar-refractivity contribution is 6.02. The van der Waals surface area contributed by atoms with Crippen LogP contribution in [0.3, 0.4) is 0 Å². The summed E-state index contributed by atoms with van der Waals surface area (Å²) in [6.07, 6.45) is 33.4. The number of unbranched alkanes of at least 4 members (excludes halogenated alkanes) is 24. The van der Waals surface area contributed by atoms with Crippen molar-refractivity contribution in [1.82, 2.24) is 0 Å². The predicted molar refractivity (Wildman–Crippen MR) is 191 cm³/mol. The third-order valence-electron chi connectivity index (χ3n) is 8.82. The Balaban J connectivity index is 2.20. The number of benzene rings is 1. The molecule has 0 fully saturated rings. The molecule has 0 aliphatic rings. The Morgan fingerprint density at radius 1 is 0.489 bits per heavy atom. The van der Waals surface area contributed by atoms with Gasteiger partial charge in [0, 0.05) is 18.5 Å². The van der Waals surface area contributed by atoms with Crippen LogP contribution in [0.15, 0.2) is 18.2 Å². The van der Waals surface area contributed by atoms with Gasteiger partial charge in [-0.25, -0.2) is 4.79 Å². The van der Waals surface area contributed by atoms with E-state index in [4.69, 9.17) is 0 Å². The van der Waals surface area contributed by atoms with Crippen molar-refractivity contribution in [2.24, 2.45) is 0 Å². The van der Waals surface area contributed by atoms with Gasteiger partial charge in [-0.2, -0.15) is 0 Å². The van der Waals surface area contributed by atoms with Crippen molar-refractivity contribution in [1.29, 1.82) is 0 Å². The molecule has 0 bridgehead atoms. The first kappa shape index (κ1) is 40.7. The molecule has 0 aliphatic carbocycles. The van der Waals surface area contributed by atoms with Gasteiger partial charge in [-0.3, -0.25) is 9.59 Å². The summed E-state index contributed by atoms with van der Waals surface area (Å²) >= 11 is 0. The Bertz CT molecular complexity index is 901. The second-order valence-corrected chi connectivity index (χ2v) is 13.1. The largest absolute Gasteiger partial charge is 0.478 e. The highest BCUT2D eigenvalue weighted by Gasteiger charge is 2.14. The number of aromatic carboxylic acids is 1. The fourth-order valence-corrected chi connectivity index (χ4v) is 5.95. The molecule has 0 saturated heterocycles. The van der Waals surface area contributed by atoms with E-state index < -0.39 is 5.97 Å². The number of carboxylic acids is 1. The van der Waals surface area contributed by atoms with Crippen molar-refractivity contribution in [2.75, 3.05) is 10.6 Å². The van der Waals surface area contributed by atoms with Crippen LogP contribution in [-0.4, -0.2) is 22.9 Å². The third kappa shape index (κ3) is 23.6. The maximum absolute atomic E-state index is 12.6. The Morgan fingerprint density at radius 2 is 0.822 bits per heavy atom. The van der Waals surface area contributed by atoms with Crippen molar-refractivity contribution in [3.63, 3.8) is 0 Å². The van der Waals surface area contributed by atoms with Crippen molar-refractivity contribution < 1.29 is 19.5 Å². The number of carboxylic acid groups (broad SMARTS) is 1. The van der Waals surface area contributed by atoms with Gasteiger partial charge >= 0.3 is 5.97 Å². The van der Waals surface area contributed by atoms with Crippen LogP contribution in [0.25, 0.3) is 0 Å². The summed E-state index contributed by atoms with van der Waals surface area (Å²) in [6, 6.07) is 4.60. The van der Waals surface area contributed by atoms with Crippen molar-refractivity contribution in [2.45, 2.75) is 194 Å². The number of hydrogen-bond donors (Lipinski definition) is 3. The maximum atomic E-state index is 12.6. The zero-order chi connectivity index (χ0) is 32.8. The molecule has 6 heteroatoms. The van der Waals surface area contributed by atoms with E-state index in [9.17, 15) is 19.5 Å². The third-order valence-corrected chi connectivity index (χ3v) is 8.82. The Hall–Kier alpha value is -2.37. The molecule has 6 nitrogen and oxygen atoms in total. The summed E-state index contributed by atoms with van der Waals surface area (Å²) < 4.78 is 0.